The van der Waals surface area contributed by atoms with Gasteiger partial charge < -0.3 is 34.8 Å². The number of aryl methyl sites for hydroxylation is 2. The Morgan fingerprint density at radius 3 is 2.41 bits per heavy atom. The van der Waals surface area contributed by atoms with Crippen molar-refractivity contribution in [2.45, 2.75) is 56.8 Å². The summed E-state index contributed by atoms with van der Waals surface area (Å²) in [5.74, 6) is -1.01. The second kappa shape index (κ2) is 10.1. The average Bonchev–Trinajstić information content (AvgIpc) is 3.20. The molecular formula is C25H29F2NO6. The van der Waals surface area contributed by atoms with Crippen LogP contribution in [0.1, 0.15) is 34.8 Å². The first-order valence-corrected chi connectivity index (χ1v) is 11.2. The number of rotatable bonds is 7. The van der Waals surface area contributed by atoms with Crippen LogP contribution in [0.25, 0.3) is 10.9 Å². The maximum atomic E-state index is 15.1. The topological polar surface area (TPSA) is 115 Å². The molecule has 0 spiro atoms. The molecule has 1 fully saturated rings. The molecule has 1 saturated heterocycles. The molecule has 3 aromatic rings. The number of halogens is 2. The molecular weight excluding hydrogens is 448 g/mol. The summed E-state index contributed by atoms with van der Waals surface area (Å²) >= 11 is 0. The Morgan fingerprint density at radius 2 is 1.74 bits per heavy atom. The van der Waals surface area contributed by atoms with Gasteiger partial charge in [-0.05, 0) is 43.0 Å². The van der Waals surface area contributed by atoms with E-state index in [2.05, 4.69) is 0 Å². The van der Waals surface area contributed by atoms with Crippen LogP contribution in [-0.4, -0.2) is 67.7 Å². The van der Waals surface area contributed by atoms with E-state index < -0.39 is 48.8 Å². The summed E-state index contributed by atoms with van der Waals surface area (Å²) < 4.78 is 37.3. The third-order valence-electron chi connectivity index (χ3n) is 6.48. The molecule has 184 valence electrons. The SMILES string of the molecule is Cc1ccc(F)c2c([C@@H]3O[C@H](CO)[C@@H](O)[C@H](O)[C@H]3O)cn(Cc3ccc(CCCO)cc3F)c12. The van der Waals surface area contributed by atoms with Gasteiger partial charge in [0, 0.05) is 29.3 Å². The van der Waals surface area contributed by atoms with Crippen LogP contribution in [0.2, 0.25) is 0 Å². The van der Waals surface area contributed by atoms with Gasteiger partial charge in [-0.15, -0.1) is 0 Å². The molecule has 0 bridgehead atoms. The summed E-state index contributed by atoms with van der Waals surface area (Å²) in [5.41, 5.74) is 2.56. The summed E-state index contributed by atoms with van der Waals surface area (Å²) in [5, 5.41) is 49.6. The van der Waals surface area contributed by atoms with E-state index in [0.29, 0.717) is 29.5 Å². The quantitative estimate of drug-likeness (QED) is 0.354. The predicted octanol–water partition coefficient (Wildman–Crippen LogP) is 1.72. The van der Waals surface area contributed by atoms with Crippen LogP contribution in [0.4, 0.5) is 8.78 Å². The standard InChI is InChI=1S/C25H29F2NO6/c1-13-4-7-17(26)20-16(25-24(33)23(32)22(31)19(12-30)34-25)11-28(21(13)20)10-15-6-5-14(3-2-8-29)9-18(15)27/h4-7,9,11,19,22-25,29-33H,2-3,8,10,12H2,1H3/t19-,22-,23+,24-,25+/m1/s1. The van der Waals surface area contributed by atoms with Crippen LogP contribution in [0.5, 0.6) is 0 Å². The lowest BCUT2D eigenvalue weighted by Crippen LogP contribution is -2.55. The molecule has 5 atom stereocenters. The summed E-state index contributed by atoms with van der Waals surface area (Å²) in [6.07, 6.45) is -4.44. The zero-order valence-corrected chi connectivity index (χ0v) is 18.7. The zero-order valence-electron chi connectivity index (χ0n) is 18.7. The van der Waals surface area contributed by atoms with Crippen LogP contribution < -0.4 is 0 Å². The Labute approximate surface area is 195 Å². The lowest BCUT2D eigenvalue weighted by Gasteiger charge is -2.40. The summed E-state index contributed by atoms with van der Waals surface area (Å²) in [7, 11) is 0. The van der Waals surface area contributed by atoms with Crippen LogP contribution in [0.3, 0.4) is 0 Å². The van der Waals surface area contributed by atoms with Gasteiger partial charge in [0.05, 0.1) is 18.7 Å². The summed E-state index contributed by atoms with van der Waals surface area (Å²) in [6, 6.07) is 7.73. The third kappa shape index (κ3) is 4.47. The van der Waals surface area contributed by atoms with E-state index in [-0.39, 0.29) is 24.1 Å². The lowest BCUT2D eigenvalue weighted by molar-refractivity contribution is -0.231. The number of hydrogen-bond acceptors (Lipinski definition) is 6. The van der Waals surface area contributed by atoms with E-state index in [1.54, 1.807) is 35.9 Å². The van der Waals surface area contributed by atoms with Gasteiger partial charge >= 0.3 is 0 Å². The molecule has 0 unspecified atom stereocenters. The Balaban J connectivity index is 1.77. The second-order valence-corrected chi connectivity index (χ2v) is 8.80. The Morgan fingerprint density at radius 1 is 0.971 bits per heavy atom. The minimum Gasteiger partial charge on any atom is -0.396 e. The highest BCUT2D eigenvalue weighted by Crippen LogP contribution is 2.39. The summed E-state index contributed by atoms with van der Waals surface area (Å²) in [4.78, 5) is 0. The third-order valence-corrected chi connectivity index (χ3v) is 6.48. The molecule has 0 radical (unpaired) electrons. The van der Waals surface area contributed by atoms with Gasteiger partial charge in [-0.3, -0.25) is 0 Å². The Kier molecular flexibility index (Phi) is 7.32. The van der Waals surface area contributed by atoms with E-state index in [4.69, 9.17) is 9.84 Å². The van der Waals surface area contributed by atoms with Crippen molar-refractivity contribution in [1.82, 2.24) is 4.57 Å². The fourth-order valence-corrected chi connectivity index (χ4v) is 4.65. The van der Waals surface area contributed by atoms with E-state index in [1.165, 1.54) is 12.1 Å². The molecule has 2 aromatic carbocycles. The van der Waals surface area contributed by atoms with Crippen LogP contribution >= 0.6 is 0 Å². The highest BCUT2D eigenvalue weighted by molar-refractivity contribution is 5.88. The minimum atomic E-state index is -1.61. The number of ether oxygens (including phenoxy) is 1. The van der Waals surface area contributed by atoms with Gasteiger partial charge in [-0.25, -0.2) is 8.78 Å². The first-order valence-electron chi connectivity index (χ1n) is 11.2. The molecule has 0 aliphatic carbocycles. The molecule has 9 heteroatoms. The number of aliphatic hydroxyl groups excluding tert-OH is 5. The molecule has 0 saturated carbocycles. The van der Waals surface area contributed by atoms with E-state index in [9.17, 15) is 24.8 Å². The van der Waals surface area contributed by atoms with Crippen molar-refractivity contribution in [3.05, 3.63) is 70.4 Å². The molecule has 1 aromatic heterocycles. The normalized spacial score (nSPS) is 25.2. The zero-order chi connectivity index (χ0) is 24.6. The number of aliphatic hydroxyl groups is 5. The largest absolute Gasteiger partial charge is 0.396 e. The molecule has 7 nitrogen and oxygen atoms in total. The fourth-order valence-electron chi connectivity index (χ4n) is 4.65. The highest BCUT2D eigenvalue weighted by atomic mass is 19.1. The van der Waals surface area contributed by atoms with Crippen molar-refractivity contribution in [3.63, 3.8) is 0 Å². The molecule has 34 heavy (non-hydrogen) atoms. The first-order chi connectivity index (χ1) is 16.3. The van der Waals surface area contributed by atoms with Crippen molar-refractivity contribution in [1.29, 1.82) is 0 Å². The predicted molar refractivity (Wildman–Crippen MR) is 120 cm³/mol. The fraction of sp³-hybridized carbons (Fsp3) is 0.440. The average molecular weight is 478 g/mol. The van der Waals surface area contributed by atoms with Crippen molar-refractivity contribution in [2.75, 3.05) is 13.2 Å². The minimum absolute atomic E-state index is 0.0182. The highest BCUT2D eigenvalue weighted by Gasteiger charge is 2.45. The molecule has 5 N–H and O–H groups in total. The molecule has 0 amide bonds. The smallest absolute Gasteiger partial charge is 0.132 e. The van der Waals surface area contributed by atoms with Crippen molar-refractivity contribution < 1.29 is 39.1 Å². The number of benzene rings is 2. The van der Waals surface area contributed by atoms with Gasteiger partial charge in [0.25, 0.3) is 0 Å². The van der Waals surface area contributed by atoms with Crippen LogP contribution in [0, 0.1) is 18.6 Å². The maximum absolute atomic E-state index is 15.1. The lowest BCUT2D eigenvalue weighted by atomic mass is 9.91. The number of aromatic nitrogens is 1. The van der Waals surface area contributed by atoms with E-state index in [0.717, 1.165) is 5.56 Å². The van der Waals surface area contributed by atoms with Crippen molar-refractivity contribution in [3.8, 4) is 0 Å². The summed E-state index contributed by atoms with van der Waals surface area (Å²) in [6.45, 7) is 1.27. The first kappa shape index (κ1) is 24.7. The Hall–Kier alpha value is -2.40. The molecule has 2 heterocycles. The van der Waals surface area contributed by atoms with Gasteiger partial charge in [0.15, 0.2) is 0 Å². The molecule has 4 rings (SSSR count). The number of hydrogen-bond donors (Lipinski definition) is 5. The number of fused-ring (bicyclic) bond motifs is 1. The second-order valence-electron chi connectivity index (χ2n) is 8.80. The van der Waals surface area contributed by atoms with Gasteiger partial charge in [-0.1, -0.05) is 18.2 Å². The number of nitrogens with zero attached hydrogens (tertiary/aromatic N) is 1. The van der Waals surface area contributed by atoms with Gasteiger partial charge in [0.1, 0.15) is 42.2 Å². The van der Waals surface area contributed by atoms with Gasteiger partial charge in [-0.2, -0.15) is 0 Å². The molecule has 1 aliphatic rings. The van der Waals surface area contributed by atoms with Crippen molar-refractivity contribution in [2.24, 2.45) is 0 Å². The molecule has 1 aliphatic heterocycles. The van der Waals surface area contributed by atoms with E-state index >= 15 is 4.39 Å². The van der Waals surface area contributed by atoms with Crippen LogP contribution in [-0.2, 0) is 17.7 Å². The maximum Gasteiger partial charge on any atom is 0.132 e. The van der Waals surface area contributed by atoms with Gasteiger partial charge in [0.2, 0.25) is 0 Å². The van der Waals surface area contributed by atoms with Crippen LogP contribution in [0.15, 0.2) is 36.5 Å². The Bertz CT molecular complexity index is 1160. The van der Waals surface area contributed by atoms with Crippen molar-refractivity contribution >= 4 is 10.9 Å². The monoisotopic (exact) mass is 477 g/mol. The van der Waals surface area contributed by atoms with E-state index in [1.807, 2.05) is 0 Å².